The van der Waals surface area contributed by atoms with E-state index in [1.54, 1.807) is 55.6 Å². The second-order valence-electron chi connectivity index (χ2n) is 9.12. The molecule has 4 rings (SSSR count). The lowest BCUT2D eigenvalue weighted by Crippen LogP contribution is -2.45. The van der Waals surface area contributed by atoms with Crippen LogP contribution in [0.1, 0.15) is 31.9 Å². The molecular weight excluding hydrogens is 480 g/mol. The van der Waals surface area contributed by atoms with Crippen LogP contribution in [0.3, 0.4) is 0 Å². The van der Waals surface area contributed by atoms with E-state index in [1.165, 1.54) is 19.2 Å². The summed E-state index contributed by atoms with van der Waals surface area (Å²) in [6.07, 6.45) is 0.503. The minimum atomic E-state index is -4.04. The van der Waals surface area contributed by atoms with E-state index in [4.69, 9.17) is 14.2 Å². The van der Waals surface area contributed by atoms with Crippen molar-refractivity contribution in [3.63, 3.8) is 0 Å². The first kappa shape index (κ1) is 25.4. The molecule has 190 valence electrons. The fourth-order valence-electron chi connectivity index (χ4n) is 4.26. The highest BCUT2D eigenvalue weighted by Crippen LogP contribution is 2.41. The van der Waals surface area contributed by atoms with Gasteiger partial charge in [-0.2, -0.15) is 0 Å². The molecule has 1 aliphatic rings. The van der Waals surface area contributed by atoms with Gasteiger partial charge in [0, 0.05) is 18.1 Å². The molecule has 0 bridgehead atoms. The number of carbonyl (C=O) groups excluding carboxylic acids is 1. The van der Waals surface area contributed by atoms with Gasteiger partial charge in [0.15, 0.2) is 0 Å². The van der Waals surface area contributed by atoms with Gasteiger partial charge in [-0.25, -0.2) is 8.42 Å². The fourth-order valence-corrected chi connectivity index (χ4v) is 5.69. The molecule has 1 atom stereocenters. The zero-order chi connectivity index (χ0) is 25.9. The molecule has 1 amide bonds. The van der Waals surface area contributed by atoms with E-state index in [0.29, 0.717) is 29.4 Å². The summed E-state index contributed by atoms with van der Waals surface area (Å²) in [5.41, 5.74) is 0.575. The summed E-state index contributed by atoms with van der Waals surface area (Å²) in [5, 5.41) is 3.02. The molecule has 0 aromatic heterocycles. The van der Waals surface area contributed by atoms with Crippen LogP contribution < -0.4 is 23.8 Å². The molecule has 0 radical (unpaired) electrons. The number of amides is 1. The summed E-state index contributed by atoms with van der Waals surface area (Å²) in [6.45, 7) is 3.48. The van der Waals surface area contributed by atoms with Crippen molar-refractivity contribution in [2.24, 2.45) is 0 Å². The van der Waals surface area contributed by atoms with Gasteiger partial charge < -0.3 is 19.5 Å². The minimum Gasteiger partial charge on any atom is -0.497 e. The molecule has 36 heavy (non-hydrogen) atoms. The van der Waals surface area contributed by atoms with Gasteiger partial charge in [-0.15, -0.1) is 0 Å². The Bertz CT molecular complexity index is 1340. The van der Waals surface area contributed by atoms with Gasteiger partial charge in [0.25, 0.3) is 10.0 Å². The summed E-state index contributed by atoms with van der Waals surface area (Å²) < 4.78 is 45.1. The largest absolute Gasteiger partial charge is 0.497 e. The normalized spacial score (nSPS) is 16.3. The summed E-state index contributed by atoms with van der Waals surface area (Å²) in [4.78, 5) is 13.5. The number of anilines is 1. The monoisotopic (exact) mass is 510 g/mol. The third-order valence-electron chi connectivity index (χ3n) is 5.97. The van der Waals surface area contributed by atoms with Crippen LogP contribution >= 0.6 is 0 Å². The van der Waals surface area contributed by atoms with Crippen molar-refractivity contribution in [3.05, 3.63) is 78.4 Å². The molecule has 0 fully saturated rings. The van der Waals surface area contributed by atoms with Gasteiger partial charge in [-0.3, -0.25) is 9.10 Å². The van der Waals surface area contributed by atoms with Crippen LogP contribution in [0.4, 0.5) is 5.69 Å². The van der Waals surface area contributed by atoms with Gasteiger partial charge in [0.2, 0.25) is 5.91 Å². The van der Waals surface area contributed by atoms with Crippen LogP contribution in [-0.4, -0.2) is 40.7 Å². The summed E-state index contributed by atoms with van der Waals surface area (Å²) >= 11 is 0. The Kier molecular flexibility index (Phi) is 7.12. The number of hydrogen-bond acceptors (Lipinski definition) is 6. The predicted octanol–water partition coefficient (Wildman–Crippen LogP) is 4.32. The fraction of sp³-hybridized carbons (Fsp3) is 0.296. The number of ether oxygens (including phenoxy) is 3. The molecule has 0 aliphatic carbocycles. The molecule has 8 nitrogen and oxygen atoms in total. The second kappa shape index (κ2) is 10.1. The Balaban J connectivity index is 1.66. The van der Waals surface area contributed by atoms with Crippen LogP contribution in [-0.2, 0) is 14.8 Å². The third-order valence-corrected chi connectivity index (χ3v) is 7.76. The molecule has 1 heterocycles. The molecule has 1 unspecified atom stereocenters. The molecule has 0 saturated carbocycles. The molecule has 3 aromatic carbocycles. The minimum absolute atomic E-state index is 0.0860. The first-order valence-corrected chi connectivity index (χ1v) is 12.9. The maximum atomic E-state index is 13.6. The zero-order valence-corrected chi connectivity index (χ0v) is 21.5. The number of benzene rings is 3. The van der Waals surface area contributed by atoms with Crippen molar-refractivity contribution >= 4 is 21.6 Å². The van der Waals surface area contributed by atoms with Crippen molar-refractivity contribution in [2.45, 2.75) is 36.8 Å². The zero-order valence-electron chi connectivity index (χ0n) is 20.7. The molecule has 3 aromatic rings. The smallest absolute Gasteiger partial charge is 0.264 e. The first-order valence-electron chi connectivity index (χ1n) is 11.5. The number of nitrogens with one attached hydrogen (secondary N) is 1. The SMILES string of the molecule is COc1cccc(N(CC(=O)NC2CC(C)(C)Oc3ccc(OC)cc32)S(=O)(=O)c2ccccc2)c1. The quantitative estimate of drug-likeness (QED) is 0.485. The van der Waals surface area contributed by atoms with Crippen molar-refractivity contribution in [2.75, 3.05) is 25.1 Å². The number of fused-ring (bicyclic) bond motifs is 1. The molecule has 1 N–H and O–H groups in total. The van der Waals surface area contributed by atoms with Crippen LogP contribution in [0.5, 0.6) is 17.2 Å². The topological polar surface area (TPSA) is 94.2 Å². The number of rotatable bonds is 8. The van der Waals surface area contributed by atoms with Crippen molar-refractivity contribution < 1.29 is 27.4 Å². The van der Waals surface area contributed by atoms with Crippen LogP contribution in [0, 0.1) is 0 Å². The van der Waals surface area contributed by atoms with E-state index in [1.807, 2.05) is 26.0 Å². The van der Waals surface area contributed by atoms with Crippen LogP contribution in [0.15, 0.2) is 77.7 Å². The van der Waals surface area contributed by atoms with Gasteiger partial charge in [-0.05, 0) is 56.3 Å². The molecule has 9 heteroatoms. The standard InChI is InChI=1S/C27H30N2O6S/c1-27(2)17-24(23-16-21(34-4)13-14-25(23)35-27)28-26(30)18-29(19-9-8-10-20(15-19)33-3)36(31,32)22-11-6-5-7-12-22/h5-16,24H,17-18H2,1-4H3,(H,28,30). The Morgan fingerprint density at radius 2 is 1.69 bits per heavy atom. The van der Waals surface area contributed by atoms with E-state index in [0.717, 1.165) is 9.87 Å². The average Bonchev–Trinajstić information content (AvgIpc) is 2.87. The lowest BCUT2D eigenvalue weighted by Gasteiger charge is -2.38. The highest BCUT2D eigenvalue weighted by atomic mass is 32.2. The molecular formula is C27H30N2O6S. The van der Waals surface area contributed by atoms with E-state index < -0.39 is 34.1 Å². The highest BCUT2D eigenvalue weighted by Gasteiger charge is 2.36. The Labute approximate surface area is 211 Å². The maximum absolute atomic E-state index is 13.6. The number of sulfonamides is 1. The van der Waals surface area contributed by atoms with Crippen LogP contribution in [0.2, 0.25) is 0 Å². The van der Waals surface area contributed by atoms with E-state index in [9.17, 15) is 13.2 Å². The lowest BCUT2D eigenvalue weighted by atomic mass is 9.89. The van der Waals surface area contributed by atoms with Gasteiger partial charge in [0.1, 0.15) is 29.4 Å². The molecule has 1 aliphatic heterocycles. The predicted molar refractivity (Wildman–Crippen MR) is 137 cm³/mol. The van der Waals surface area contributed by atoms with Gasteiger partial charge in [0.05, 0.1) is 30.8 Å². The third kappa shape index (κ3) is 5.41. The Hall–Kier alpha value is -3.72. The van der Waals surface area contributed by atoms with Crippen molar-refractivity contribution in [3.8, 4) is 17.2 Å². The molecule has 0 saturated heterocycles. The van der Waals surface area contributed by atoms with E-state index >= 15 is 0 Å². The number of methoxy groups -OCH3 is 2. The van der Waals surface area contributed by atoms with Crippen molar-refractivity contribution in [1.82, 2.24) is 5.32 Å². The van der Waals surface area contributed by atoms with E-state index in [2.05, 4.69) is 5.32 Å². The summed E-state index contributed by atoms with van der Waals surface area (Å²) in [5.74, 6) is 1.32. The average molecular weight is 511 g/mol. The Morgan fingerprint density at radius 3 is 2.39 bits per heavy atom. The second-order valence-corrected chi connectivity index (χ2v) is 11.0. The maximum Gasteiger partial charge on any atom is 0.264 e. The number of nitrogens with zero attached hydrogens (tertiary/aromatic N) is 1. The summed E-state index contributed by atoms with van der Waals surface area (Å²) in [6, 6.07) is 19.7. The van der Waals surface area contributed by atoms with Gasteiger partial charge >= 0.3 is 0 Å². The van der Waals surface area contributed by atoms with Gasteiger partial charge in [-0.1, -0.05) is 24.3 Å². The van der Waals surface area contributed by atoms with Crippen molar-refractivity contribution in [1.29, 1.82) is 0 Å². The van der Waals surface area contributed by atoms with E-state index in [-0.39, 0.29) is 4.90 Å². The lowest BCUT2D eigenvalue weighted by molar-refractivity contribution is -0.120. The molecule has 0 spiro atoms. The first-order chi connectivity index (χ1) is 17.1. The Morgan fingerprint density at radius 1 is 1.00 bits per heavy atom. The number of carbonyl (C=O) groups is 1. The number of hydrogen-bond donors (Lipinski definition) is 1. The summed E-state index contributed by atoms with van der Waals surface area (Å²) in [7, 11) is -0.963. The van der Waals surface area contributed by atoms with Crippen LogP contribution in [0.25, 0.3) is 0 Å². The highest BCUT2D eigenvalue weighted by molar-refractivity contribution is 7.92.